The number of oxime groups is 1. The number of aliphatic carboxylic acids is 1. The molecule has 0 radical (unpaired) electrons. The third kappa shape index (κ3) is 3.23. The molecule has 0 bridgehead atoms. The number of carbonyl (C=O) groups is 3. The van der Waals surface area contributed by atoms with Gasteiger partial charge in [-0.25, -0.2) is 4.98 Å². The number of aromatic nitrogens is 1. The van der Waals surface area contributed by atoms with Crippen LogP contribution in [0.2, 0.25) is 0 Å². The number of nitrogen functional groups attached to an aromatic ring is 1. The Hall–Kier alpha value is -2.34. The van der Waals surface area contributed by atoms with Crippen LogP contribution in [-0.4, -0.2) is 68.8 Å². The third-order valence-electron chi connectivity index (χ3n) is 4.82. The Labute approximate surface area is 163 Å². The van der Waals surface area contributed by atoms with Crippen LogP contribution in [0.1, 0.15) is 19.5 Å². The first-order valence-corrected chi connectivity index (χ1v) is 9.84. The van der Waals surface area contributed by atoms with Crippen LogP contribution < -0.4 is 11.1 Å². The number of β-lactam (4-membered cyclic amide) rings is 1. The van der Waals surface area contributed by atoms with Gasteiger partial charge in [0.2, 0.25) is 5.91 Å². The molecule has 2 amide bonds. The summed E-state index contributed by atoms with van der Waals surface area (Å²) in [6.45, 7) is 3.54. The Kier molecular flexibility index (Phi) is 5.04. The summed E-state index contributed by atoms with van der Waals surface area (Å²) in [5, 5.41) is 17.1. The molecule has 12 heteroatoms. The second-order valence-electron chi connectivity index (χ2n) is 6.50. The van der Waals surface area contributed by atoms with Crippen LogP contribution in [0.15, 0.2) is 10.5 Å². The lowest BCUT2D eigenvalue weighted by molar-refractivity contribution is -0.158. The van der Waals surface area contributed by atoms with Crippen molar-refractivity contribution in [2.75, 3.05) is 19.4 Å². The number of carbonyl (C=O) groups excluding carboxylic acids is 2. The van der Waals surface area contributed by atoms with E-state index < -0.39 is 23.3 Å². The van der Waals surface area contributed by atoms with Crippen molar-refractivity contribution in [1.29, 1.82) is 0 Å². The molecule has 4 atom stereocenters. The van der Waals surface area contributed by atoms with E-state index in [4.69, 9.17) is 10.6 Å². The van der Waals surface area contributed by atoms with Gasteiger partial charge in [0.05, 0.1) is 5.41 Å². The maximum Gasteiger partial charge on any atom is 0.312 e. The minimum Gasteiger partial charge on any atom is -0.481 e. The normalized spacial score (nSPS) is 30.3. The number of rotatable bonds is 5. The molecule has 3 unspecified atom stereocenters. The number of carboxylic acid groups (broad SMARTS) is 1. The van der Waals surface area contributed by atoms with Gasteiger partial charge < -0.3 is 25.9 Å². The fraction of sp³-hybridized carbons (Fsp3) is 0.533. The Morgan fingerprint density at radius 3 is 2.81 bits per heavy atom. The number of hydrogen-bond acceptors (Lipinski definition) is 9. The van der Waals surface area contributed by atoms with E-state index in [9.17, 15) is 19.5 Å². The number of thiazole rings is 1. The van der Waals surface area contributed by atoms with E-state index in [0.29, 0.717) is 0 Å². The lowest BCUT2D eigenvalue weighted by atomic mass is 9.84. The molecule has 2 saturated heterocycles. The van der Waals surface area contributed by atoms with Crippen LogP contribution in [0.4, 0.5) is 5.13 Å². The maximum absolute atomic E-state index is 12.6. The number of nitrogens with one attached hydrogen (secondary N) is 1. The summed E-state index contributed by atoms with van der Waals surface area (Å²) >= 11 is 2.51. The van der Waals surface area contributed by atoms with Crippen molar-refractivity contribution in [3.05, 3.63) is 11.1 Å². The second kappa shape index (κ2) is 7.00. The van der Waals surface area contributed by atoms with Gasteiger partial charge in [0.1, 0.15) is 24.2 Å². The van der Waals surface area contributed by atoms with E-state index in [-0.39, 0.29) is 39.6 Å². The fourth-order valence-electron chi connectivity index (χ4n) is 2.96. The Bertz CT molecular complexity index is 827. The molecule has 0 spiro atoms. The summed E-state index contributed by atoms with van der Waals surface area (Å²) in [5.41, 5.74) is 4.73. The first-order valence-electron chi connectivity index (χ1n) is 8.01. The number of amides is 2. The van der Waals surface area contributed by atoms with Gasteiger partial charge in [-0.1, -0.05) is 12.1 Å². The van der Waals surface area contributed by atoms with Gasteiger partial charge in [0, 0.05) is 17.2 Å². The molecule has 2 aliphatic rings. The molecule has 0 aliphatic carbocycles. The highest BCUT2D eigenvalue weighted by atomic mass is 32.2. The van der Waals surface area contributed by atoms with Crippen molar-refractivity contribution >= 4 is 51.7 Å². The van der Waals surface area contributed by atoms with Crippen LogP contribution >= 0.6 is 23.1 Å². The van der Waals surface area contributed by atoms with E-state index in [1.807, 2.05) is 6.92 Å². The predicted molar refractivity (Wildman–Crippen MR) is 100 cm³/mol. The van der Waals surface area contributed by atoms with E-state index in [0.717, 1.165) is 11.3 Å². The maximum atomic E-state index is 12.6. The number of nitrogens with zero attached hydrogens (tertiary/aromatic N) is 3. The molecule has 10 nitrogen and oxygen atoms in total. The molecular formula is C15H19N5O5S2. The zero-order valence-electron chi connectivity index (χ0n) is 14.8. The molecular weight excluding hydrogens is 394 g/mol. The Morgan fingerprint density at radius 1 is 1.56 bits per heavy atom. The van der Waals surface area contributed by atoms with Crippen molar-refractivity contribution in [3.8, 4) is 0 Å². The lowest BCUT2D eigenvalue weighted by Crippen LogP contribution is -2.74. The summed E-state index contributed by atoms with van der Waals surface area (Å²) in [4.78, 5) is 46.9. The second-order valence-corrected chi connectivity index (χ2v) is 8.85. The third-order valence-corrected chi connectivity index (χ3v) is 7.23. The average Bonchev–Trinajstić information content (AvgIpc) is 3.05. The summed E-state index contributed by atoms with van der Waals surface area (Å²) < 4.78 is 0. The standard InChI is InChI=1S/C15H19N5O5S2/c1-6-15(2,13(23)24)5-20-11(22)9(12(20)27-6)18-10(21)8(19-25-3)7-4-26-14(16)17-7/h4,6,9,12H,5H2,1-3H3,(H2,16,17)(H,18,21)(H,23,24)/t6?,9?,12-,15?/m1/s1. The van der Waals surface area contributed by atoms with E-state index in [1.165, 1.54) is 23.8 Å². The molecule has 3 rings (SSSR count). The van der Waals surface area contributed by atoms with Gasteiger partial charge in [-0.05, 0) is 6.92 Å². The van der Waals surface area contributed by atoms with E-state index in [1.54, 1.807) is 12.3 Å². The SMILES string of the molecule is CON=C(C(=O)NC1C(=O)N2CC(C)(C(=O)O)C(C)S[C@H]12)c1csc(N)n1. The molecule has 146 valence electrons. The fourth-order valence-corrected chi connectivity index (χ4v) is 5.07. The number of carboxylic acids is 1. The van der Waals surface area contributed by atoms with E-state index in [2.05, 4.69) is 15.5 Å². The molecule has 1 aromatic heterocycles. The highest BCUT2D eigenvalue weighted by Gasteiger charge is 2.58. The first-order chi connectivity index (χ1) is 12.7. The summed E-state index contributed by atoms with van der Waals surface area (Å²) in [6.07, 6.45) is 0. The van der Waals surface area contributed by atoms with Crippen molar-refractivity contribution in [3.63, 3.8) is 0 Å². The van der Waals surface area contributed by atoms with Crippen LogP contribution in [0.25, 0.3) is 0 Å². The number of nitrogens with two attached hydrogens (primary N) is 1. The van der Waals surface area contributed by atoms with Crippen LogP contribution in [0.5, 0.6) is 0 Å². The molecule has 0 aromatic carbocycles. The zero-order chi connectivity index (χ0) is 19.9. The van der Waals surface area contributed by atoms with Gasteiger partial charge in [-0.15, -0.1) is 23.1 Å². The summed E-state index contributed by atoms with van der Waals surface area (Å²) in [6, 6.07) is -0.763. The minimum atomic E-state index is -1.04. The number of anilines is 1. The quantitative estimate of drug-likeness (QED) is 0.346. The van der Waals surface area contributed by atoms with Gasteiger partial charge >= 0.3 is 5.97 Å². The zero-order valence-corrected chi connectivity index (χ0v) is 16.5. The molecule has 27 heavy (non-hydrogen) atoms. The van der Waals surface area contributed by atoms with Crippen LogP contribution in [0, 0.1) is 5.41 Å². The van der Waals surface area contributed by atoms with Gasteiger partial charge in [-0.3, -0.25) is 14.4 Å². The molecule has 3 heterocycles. The predicted octanol–water partition coefficient (Wildman–Crippen LogP) is -0.0449. The first kappa shape index (κ1) is 19.4. The largest absolute Gasteiger partial charge is 0.481 e. The van der Waals surface area contributed by atoms with Crippen molar-refractivity contribution in [1.82, 2.24) is 15.2 Å². The summed E-state index contributed by atoms with van der Waals surface area (Å²) in [7, 11) is 1.30. The van der Waals surface area contributed by atoms with Crippen LogP contribution in [-0.2, 0) is 19.2 Å². The summed E-state index contributed by atoms with van der Waals surface area (Å²) in [5.74, 6) is -1.88. The number of fused-ring (bicyclic) bond motifs is 1. The number of hydrogen-bond donors (Lipinski definition) is 3. The van der Waals surface area contributed by atoms with Gasteiger partial charge in [0.25, 0.3) is 5.91 Å². The molecule has 2 aliphatic heterocycles. The Balaban J connectivity index is 1.74. The van der Waals surface area contributed by atoms with E-state index >= 15 is 0 Å². The topological polar surface area (TPSA) is 147 Å². The average molecular weight is 413 g/mol. The molecule has 4 N–H and O–H groups in total. The molecule has 2 fully saturated rings. The highest BCUT2D eigenvalue weighted by Crippen LogP contribution is 2.46. The van der Waals surface area contributed by atoms with Gasteiger partial charge in [0.15, 0.2) is 10.8 Å². The number of thioether (sulfide) groups is 1. The molecule has 0 saturated carbocycles. The van der Waals surface area contributed by atoms with Crippen LogP contribution in [0.3, 0.4) is 0 Å². The smallest absolute Gasteiger partial charge is 0.312 e. The van der Waals surface area contributed by atoms with Crippen molar-refractivity contribution < 1.29 is 24.3 Å². The lowest BCUT2D eigenvalue weighted by Gasteiger charge is -2.55. The van der Waals surface area contributed by atoms with Gasteiger partial charge in [-0.2, -0.15) is 0 Å². The highest BCUT2D eigenvalue weighted by molar-refractivity contribution is 8.00. The minimum absolute atomic E-state index is 0.0825. The Morgan fingerprint density at radius 2 is 2.26 bits per heavy atom. The molecule has 1 aromatic rings. The van der Waals surface area contributed by atoms with Crippen molar-refractivity contribution in [2.24, 2.45) is 10.6 Å². The monoisotopic (exact) mass is 413 g/mol. The van der Waals surface area contributed by atoms with Crippen molar-refractivity contribution in [2.45, 2.75) is 30.5 Å².